The van der Waals surface area contributed by atoms with Crippen LogP contribution in [0, 0.1) is 0 Å². The predicted molar refractivity (Wildman–Crippen MR) is 101 cm³/mol. The number of ether oxygens (including phenoxy) is 1. The van der Waals surface area contributed by atoms with Crippen molar-refractivity contribution in [1.82, 2.24) is 19.8 Å². The molecule has 0 bridgehead atoms. The summed E-state index contributed by atoms with van der Waals surface area (Å²) >= 11 is 0. The molecule has 1 amide bonds. The van der Waals surface area contributed by atoms with Crippen LogP contribution in [0.2, 0.25) is 0 Å². The highest BCUT2D eigenvalue weighted by Crippen LogP contribution is 2.18. The molecule has 7 nitrogen and oxygen atoms in total. The van der Waals surface area contributed by atoms with E-state index in [1.165, 1.54) is 0 Å². The van der Waals surface area contributed by atoms with Gasteiger partial charge in [0.05, 0.1) is 6.61 Å². The lowest BCUT2D eigenvalue weighted by Crippen LogP contribution is -2.48. The molecule has 1 aromatic heterocycles. The minimum absolute atomic E-state index is 0.0436. The van der Waals surface area contributed by atoms with E-state index in [2.05, 4.69) is 27.1 Å². The van der Waals surface area contributed by atoms with Crippen molar-refractivity contribution in [2.75, 3.05) is 44.6 Å². The Morgan fingerprint density at radius 1 is 1.12 bits per heavy atom. The summed E-state index contributed by atoms with van der Waals surface area (Å²) in [7, 11) is 0. The quantitative estimate of drug-likeness (QED) is 0.858. The van der Waals surface area contributed by atoms with Crippen molar-refractivity contribution in [3.05, 3.63) is 42.2 Å². The van der Waals surface area contributed by atoms with Crippen molar-refractivity contribution in [2.24, 2.45) is 0 Å². The third-order valence-electron chi connectivity index (χ3n) is 4.40. The first-order valence-electron chi connectivity index (χ1n) is 9.04. The number of nitrogens with zero attached hydrogens (tertiary/aromatic N) is 4. The van der Waals surface area contributed by atoms with Crippen LogP contribution in [-0.2, 0) is 0 Å². The van der Waals surface area contributed by atoms with Gasteiger partial charge in [0.25, 0.3) is 5.91 Å². The smallest absolute Gasteiger partial charge is 0.272 e. The molecule has 1 N–H and O–H groups in total. The summed E-state index contributed by atoms with van der Waals surface area (Å²) in [5, 5.41) is 3.13. The van der Waals surface area contributed by atoms with Gasteiger partial charge in [-0.1, -0.05) is 6.92 Å². The number of carbonyl (C=O) groups excluding carboxylic acids is 1. The molecule has 7 heteroatoms. The van der Waals surface area contributed by atoms with Crippen molar-refractivity contribution in [3.8, 4) is 5.75 Å². The zero-order valence-corrected chi connectivity index (χ0v) is 15.3. The molecule has 1 aliphatic rings. The summed E-state index contributed by atoms with van der Waals surface area (Å²) in [5.41, 5.74) is 1.26. The molecule has 0 radical (unpaired) electrons. The number of likely N-dealkylation sites (N-methyl/N-ethyl adjacent to an activating group) is 1. The van der Waals surface area contributed by atoms with E-state index >= 15 is 0 Å². The average Bonchev–Trinajstić information content (AvgIpc) is 2.69. The summed E-state index contributed by atoms with van der Waals surface area (Å²) < 4.78 is 5.43. The highest BCUT2D eigenvalue weighted by atomic mass is 16.5. The van der Waals surface area contributed by atoms with Crippen LogP contribution in [-0.4, -0.2) is 65.0 Å². The number of rotatable bonds is 6. The van der Waals surface area contributed by atoms with Gasteiger partial charge in [-0.05, 0) is 43.8 Å². The molecule has 0 saturated carbocycles. The summed E-state index contributed by atoms with van der Waals surface area (Å²) in [6.45, 7) is 9.02. The number of hydrogen-bond acceptors (Lipinski definition) is 6. The lowest BCUT2D eigenvalue weighted by Gasteiger charge is -2.33. The van der Waals surface area contributed by atoms with Crippen molar-refractivity contribution in [1.29, 1.82) is 0 Å². The zero-order chi connectivity index (χ0) is 18.4. The molecule has 26 heavy (non-hydrogen) atoms. The number of hydrogen-bond donors (Lipinski definition) is 1. The Hall–Kier alpha value is -2.67. The van der Waals surface area contributed by atoms with Gasteiger partial charge in [0.2, 0.25) is 5.95 Å². The van der Waals surface area contributed by atoms with Crippen LogP contribution in [0.4, 0.5) is 11.6 Å². The second-order valence-corrected chi connectivity index (χ2v) is 6.07. The summed E-state index contributed by atoms with van der Waals surface area (Å²) in [6.07, 6.45) is 1.61. The van der Waals surface area contributed by atoms with Gasteiger partial charge in [-0.2, -0.15) is 0 Å². The zero-order valence-electron chi connectivity index (χ0n) is 15.3. The van der Waals surface area contributed by atoms with Crippen molar-refractivity contribution in [2.45, 2.75) is 13.8 Å². The topological polar surface area (TPSA) is 70.6 Å². The maximum atomic E-state index is 12.7. The Labute approximate surface area is 154 Å². The molecule has 1 aromatic carbocycles. The molecule has 2 aromatic rings. The molecule has 138 valence electrons. The summed E-state index contributed by atoms with van der Waals surface area (Å²) in [6, 6.07) is 9.22. The van der Waals surface area contributed by atoms with Crippen molar-refractivity contribution >= 4 is 17.5 Å². The molecule has 0 aliphatic carbocycles. The van der Waals surface area contributed by atoms with Crippen molar-refractivity contribution in [3.63, 3.8) is 0 Å². The van der Waals surface area contributed by atoms with E-state index < -0.39 is 0 Å². The standard InChI is InChI=1S/C19H25N5O2/c1-3-23-11-13-24(14-12-23)18(25)17-9-10-20-19(22-17)21-15-5-7-16(8-6-15)26-4-2/h5-10H,3-4,11-14H2,1-2H3,(H,20,21,22). The Morgan fingerprint density at radius 2 is 1.85 bits per heavy atom. The van der Waals surface area contributed by atoms with Crippen molar-refractivity contribution < 1.29 is 9.53 Å². The maximum absolute atomic E-state index is 12.7. The fraction of sp³-hybridized carbons (Fsp3) is 0.421. The second-order valence-electron chi connectivity index (χ2n) is 6.07. The van der Waals surface area contributed by atoms with E-state index in [1.54, 1.807) is 12.3 Å². The predicted octanol–water partition coefficient (Wildman–Crippen LogP) is 2.40. The van der Waals surface area contributed by atoms with Gasteiger partial charge in [0, 0.05) is 38.1 Å². The lowest BCUT2D eigenvalue weighted by atomic mass is 10.2. The minimum Gasteiger partial charge on any atom is -0.494 e. The van der Waals surface area contributed by atoms with E-state index in [9.17, 15) is 4.79 Å². The second kappa shape index (κ2) is 8.62. The van der Waals surface area contributed by atoms with Gasteiger partial charge < -0.3 is 19.9 Å². The molecule has 1 aliphatic heterocycles. The Kier molecular flexibility index (Phi) is 6.01. The van der Waals surface area contributed by atoms with Gasteiger partial charge in [-0.15, -0.1) is 0 Å². The number of nitrogens with one attached hydrogen (secondary N) is 1. The number of amides is 1. The number of aromatic nitrogens is 2. The first kappa shape index (κ1) is 18.1. The van der Waals surface area contributed by atoms with E-state index in [-0.39, 0.29) is 5.91 Å². The summed E-state index contributed by atoms with van der Waals surface area (Å²) in [4.78, 5) is 25.5. The lowest BCUT2D eigenvalue weighted by molar-refractivity contribution is 0.0637. The number of piperazine rings is 1. The number of anilines is 2. The monoisotopic (exact) mass is 355 g/mol. The van der Waals surface area contributed by atoms with Crippen LogP contribution in [0.1, 0.15) is 24.3 Å². The van der Waals surface area contributed by atoms with Crippen LogP contribution in [0.15, 0.2) is 36.5 Å². The normalized spacial score (nSPS) is 14.9. The third-order valence-corrected chi connectivity index (χ3v) is 4.40. The highest BCUT2D eigenvalue weighted by Gasteiger charge is 2.22. The SMILES string of the molecule is CCOc1ccc(Nc2nccc(C(=O)N3CCN(CC)CC3)n2)cc1. The van der Waals surface area contributed by atoms with E-state index in [0.29, 0.717) is 18.2 Å². The first-order valence-corrected chi connectivity index (χ1v) is 9.04. The number of carbonyl (C=O) groups is 1. The van der Waals surface area contributed by atoms with Gasteiger partial charge >= 0.3 is 0 Å². The van der Waals surface area contributed by atoms with Crippen LogP contribution in [0.25, 0.3) is 0 Å². The van der Waals surface area contributed by atoms with Gasteiger partial charge in [0.15, 0.2) is 0 Å². The summed E-state index contributed by atoms with van der Waals surface area (Å²) in [5.74, 6) is 1.18. The molecule has 3 rings (SSSR count). The van der Waals surface area contributed by atoms with E-state index in [4.69, 9.17) is 4.74 Å². The van der Waals surface area contributed by atoms with Crippen LogP contribution < -0.4 is 10.1 Å². The largest absolute Gasteiger partial charge is 0.494 e. The number of benzene rings is 1. The molecular formula is C19H25N5O2. The van der Waals surface area contributed by atoms with E-state index in [1.807, 2.05) is 36.1 Å². The molecule has 2 heterocycles. The minimum atomic E-state index is -0.0436. The Balaban J connectivity index is 1.65. The van der Waals surface area contributed by atoms with Crippen LogP contribution in [0.3, 0.4) is 0 Å². The van der Waals surface area contributed by atoms with E-state index in [0.717, 1.165) is 44.2 Å². The average molecular weight is 355 g/mol. The molecule has 1 saturated heterocycles. The van der Waals surface area contributed by atoms with Crippen LogP contribution in [0.5, 0.6) is 5.75 Å². The van der Waals surface area contributed by atoms with Gasteiger partial charge in [-0.25, -0.2) is 9.97 Å². The molecular weight excluding hydrogens is 330 g/mol. The van der Waals surface area contributed by atoms with Crippen LogP contribution >= 0.6 is 0 Å². The first-order chi connectivity index (χ1) is 12.7. The Bertz CT molecular complexity index is 727. The molecule has 0 atom stereocenters. The molecule has 0 unspecified atom stereocenters. The fourth-order valence-corrected chi connectivity index (χ4v) is 2.90. The molecule has 0 spiro atoms. The Morgan fingerprint density at radius 3 is 2.50 bits per heavy atom. The third kappa shape index (κ3) is 4.49. The maximum Gasteiger partial charge on any atom is 0.272 e. The van der Waals surface area contributed by atoms with Gasteiger partial charge in [0.1, 0.15) is 11.4 Å². The van der Waals surface area contributed by atoms with Gasteiger partial charge in [-0.3, -0.25) is 4.79 Å². The fourth-order valence-electron chi connectivity index (χ4n) is 2.90. The highest BCUT2D eigenvalue weighted by molar-refractivity contribution is 5.92. The molecule has 1 fully saturated rings.